The van der Waals surface area contributed by atoms with Crippen molar-refractivity contribution in [1.29, 1.82) is 0 Å². The van der Waals surface area contributed by atoms with Gasteiger partial charge >= 0.3 is 6.03 Å². The number of ether oxygens (including phenoxy) is 2. The summed E-state index contributed by atoms with van der Waals surface area (Å²) in [4.78, 5) is 25.9. The molecule has 10 heteroatoms. The molecule has 4 N–H and O–H groups in total. The fourth-order valence-electron chi connectivity index (χ4n) is 4.86. The molecule has 1 aliphatic heterocycles. The van der Waals surface area contributed by atoms with Gasteiger partial charge in [0, 0.05) is 41.6 Å². The van der Waals surface area contributed by atoms with Crippen molar-refractivity contribution in [2.24, 2.45) is 5.92 Å². The molecular weight excluding hydrogens is 460 g/mol. The van der Waals surface area contributed by atoms with Gasteiger partial charge in [-0.25, -0.2) is 9.48 Å². The Morgan fingerprint density at radius 3 is 2.44 bits per heavy atom. The summed E-state index contributed by atoms with van der Waals surface area (Å²) >= 11 is 0. The molecule has 3 atom stereocenters. The van der Waals surface area contributed by atoms with Gasteiger partial charge in [0.15, 0.2) is 6.29 Å². The van der Waals surface area contributed by atoms with Crippen molar-refractivity contribution in [1.82, 2.24) is 20.4 Å². The number of carbonyl (C=O) groups is 2. The van der Waals surface area contributed by atoms with Crippen molar-refractivity contribution in [3.8, 4) is 22.8 Å². The second kappa shape index (κ2) is 10.3. The number of hydrogen-bond donors (Lipinski definition) is 4. The van der Waals surface area contributed by atoms with Crippen LogP contribution >= 0.6 is 0 Å². The molecule has 0 radical (unpaired) electrons. The zero-order valence-electron chi connectivity index (χ0n) is 20.3. The van der Waals surface area contributed by atoms with E-state index in [-0.39, 0.29) is 17.9 Å². The summed E-state index contributed by atoms with van der Waals surface area (Å²) in [5.74, 6) is 1.52. The van der Waals surface area contributed by atoms with Crippen LogP contribution in [0.15, 0.2) is 54.6 Å². The normalized spacial score (nSPS) is 21.2. The molecule has 188 valence electrons. The third kappa shape index (κ3) is 4.99. The predicted octanol–water partition coefficient (Wildman–Crippen LogP) is 3.95. The smallest absolute Gasteiger partial charge is 0.324 e. The van der Waals surface area contributed by atoms with E-state index in [1.807, 2.05) is 30.3 Å². The predicted molar refractivity (Wildman–Crippen MR) is 136 cm³/mol. The summed E-state index contributed by atoms with van der Waals surface area (Å²) in [6, 6.07) is 16.2. The largest absolute Gasteiger partial charge is 0.497 e. The van der Waals surface area contributed by atoms with Gasteiger partial charge in [-0.3, -0.25) is 15.4 Å². The van der Waals surface area contributed by atoms with Crippen LogP contribution in [0.1, 0.15) is 32.0 Å². The lowest BCUT2D eigenvalue weighted by molar-refractivity contribution is -0.132. The topological polar surface area (TPSA) is 119 Å². The van der Waals surface area contributed by atoms with Gasteiger partial charge in [-0.1, -0.05) is 43.2 Å². The number of amides is 3. The van der Waals surface area contributed by atoms with E-state index in [9.17, 15) is 9.59 Å². The molecule has 3 unspecified atom stereocenters. The van der Waals surface area contributed by atoms with Crippen LogP contribution in [-0.2, 0) is 4.79 Å². The Kier molecular flexibility index (Phi) is 6.77. The molecule has 2 aliphatic rings. The minimum atomic E-state index is -0.582. The summed E-state index contributed by atoms with van der Waals surface area (Å²) in [7, 11) is 3.09. The molecule has 0 bridgehead atoms. The lowest BCUT2D eigenvalue weighted by atomic mass is 9.83. The number of nitrogens with zero attached hydrogens (tertiary/aromatic N) is 2. The van der Waals surface area contributed by atoms with Gasteiger partial charge in [-0.15, -0.1) is 0 Å². The van der Waals surface area contributed by atoms with Crippen LogP contribution in [0, 0.1) is 5.92 Å². The van der Waals surface area contributed by atoms with E-state index in [0.29, 0.717) is 28.7 Å². The van der Waals surface area contributed by atoms with Crippen molar-refractivity contribution < 1.29 is 19.1 Å². The summed E-state index contributed by atoms with van der Waals surface area (Å²) < 4.78 is 12.2. The van der Waals surface area contributed by atoms with Crippen LogP contribution in [0.25, 0.3) is 11.3 Å². The maximum atomic E-state index is 13.0. The third-order valence-corrected chi connectivity index (χ3v) is 6.65. The Morgan fingerprint density at radius 2 is 1.72 bits per heavy atom. The van der Waals surface area contributed by atoms with Gasteiger partial charge in [0.25, 0.3) is 0 Å². The quantitative estimate of drug-likeness (QED) is 0.416. The van der Waals surface area contributed by atoms with Gasteiger partial charge in [-0.05, 0) is 12.8 Å². The van der Waals surface area contributed by atoms with Crippen molar-refractivity contribution in [2.75, 3.05) is 24.9 Å². The molecule has 36 heavy (non-hydrogen) atoms. The Hall–Kier alpha value is -4.05. The number of hydrogen-bond acceptors (Lipinski definition) is 6. The minimum absolute atomic E-state index is 0.0130. The van der Waals surface area contributed by atoms with Crippen LogP contribution in [0.5, 0.6) is 11.5 Å². The number of aromatic nitrogens is 2. The summed E-state index contributed by atoms with van der Waals surface area (Å²) in [5.41, 5.74) is 2.08. The highest BCUT2D eigenvalue weighted by Gasteiger charge is 2.39. The first-order chi connectivity index (χ1) is 17.5. The molecule has 1 aromatic heterocycles. The average Bonchev–Trinajstić information content (AvgIpc) is 3.32. The van der Waals surface area contributed by atoms with Gasteiger partial charge in [0.2, 0.25) is 5.91 Å². The van der Waals surface area contributed by atoms with Crippen LogP contribution < -0.4 is 30.7 Å². The first kappa shape index (κ1) is 23.7. The molecule has 0 spiro atoms. The van der Waals surface area contributed by atoms with Crippen LogP contribution in [-0.4, -0.2) is 42.0 Å². The van der Waals surface area contributed by atoms with E-state index in [0.717, 1.165) is 31.2 Å². The molecule has 1 aliphatic carbocycles. The zero-order valence-corrected chi connectivity index (χ0v) is 20.3. The number of urea groups is 1. The highest BCUT2D eigenvalue weighted by atomic mass is 16.5. The number of anilines is 2. The number of carbonyl (C=O) groups excluding carboxylic acids is 2. The number of rotatable bonds is 6. The van der Waals surface area contributed by atoms with Crippen molar-refractivity contribution in [3.63, 3.8) is 0 Å². The van der Waals surface area contributed by atoms with Crippen LogP contribution in [0.4, 0.5) is 16.3 Å². The van der Waals surface area contributed by atoms with E-state index < -0.39 is 12.3 Å². The van der Waals surface area contributed by atoms with Crippen molar-refractivity contribution >= 4 is 23.4 Å². The highest BCUT2D eigenvalue weighted by molar-refractivity contribution is 5.99. The maximum absolute atomic E-state index is 13.0. The number of benzene rings is 2. The standard InChI is InChI=1S/C26H30N6O4/c1-35-18-12-17(13-19(14-18)36-2)27-26(34)29-23-15-22(16-8-4-3-5-9-16)31-32(23)25-28-21-11-7-6-10-20(21)24(33)30-25/h3-5,8-9,12-15,20-21,25,28H,6-7,10-11H2,1-2H3,(H,30,33)(H2,27,29,34). The molecule has 2 heterocycles. The average molecular weight is 491 g/mol. The number of fused-ring (bicyclic) bond motifs is 1. The molecule has 1 saturated heterocycles. The Bertz CT molecular complexity index is 1220. The number of methoxy groups -OCH3 is 2. The number of nitrogens with one attached hydrogen (secondary N) is 4. The summed E-state index contributed by atoms with van der Waals surface area (Å²) in [6.45, 7) is 0. The third-order valence-electron chi connectivity index (χ3n) is 6.65. The molecule has 5 rings (SSSR count). The van der Waals surface area contributed by atoms with Crippen molar-refractivity contribution in [3.05, 3.63) is 54.6 Å². The highest BCUT2D eigenvalue weighted by Crippen LogP contribution is 2.31. The second-order valence-corrected chi connectivity index (χ2v) is 8.98. The monoisotopic (exact) mass is 490 g/mol. The molecule has 2 fully saturated rings. The van der Waals surface area contributed by atoms with E-state index in [1.165, 1.54) is 0 Å². The molecule has 3 amide bonds. The fourth-order valence-corrected chi connectivity index (χ4v) is 4.86. The van der Waals surface area contributed by atoms with E-state index in [1.54, 1.807) is 43.2 Å². The van der Waals surface area contributed by atoms with E-state index in [4.69, 9.17) is 14.6 Å². The van der Waals surface area contributed by atoms with Crippen LogP contribution in [0.3, 0.4) is 0 Å². The van der Waals surface area contributed by atoms with E-state index in [2.05, 4.69) is 21.3 Å². The van der Waals surface area contributed by atoms with Gasteiger partial charge in [0.05, 0.1) is 25.8 Å². The molecule has 3 aromatic rings. The Labute approximate surface area is 209 Å². The second-order valence-electron chi connectivity index (χ2n) is 8.98. The van der Waals surface area contributed by atoms with Crippen LogP contribution in [0.2, 0.25) is 0 Å². The van der Waals surface area contributed by atoms with Crippen molar-refractivity contribution in [2.45, 2.75) is 38.0 Å². The van der Waals surface area contributed by atoms with Gasteiger partial charge in [0.1, 0.15) is 17.3 Å². The Morgan fingerprint density at radius 1 is 1.00 bits per heavy atom. The van der Waals surface area contributed by atoms with Gasteiger partial charge in [-0.2, -0.15) is 5.10 Å². The lowest BCUT2D eigenvalue weighted by Crippen LogP contribution is -2.59. The molecular formula is C26H30N6O4. The van der Waals surface area contributed by atoms with E-state index >= 15 is 0 Å². The molecule has 10 nitrogen and oxygen atoms in total. The first-order valence-electron chi connectivity index (χ1n) is 12.1. The molecule has 2 aromatic carbocycles. The SMILES string of the molecule is COc1cc(NC(=O)Nc2cc(-c3ccccc3)nn2C2NC(=O)C3CCCCC3N2)cc(OC)c1. The lowest BCUT2D eigenvalue weighted by Gasteiger charge is -2.40. The molecule has 1 saturated carbocycles. The summed E-state index contributed by atoms with van der Waals surface area (Å²) in [6.07, 6.45) is 3.37. The first-order valence-corrected chi connectivity index (χ1v) is 12.1. The fraction of sp³-hybridized carbons (Fsp3) is 0.346. The zero-order chi connectivity index (χ0) is 25.1. The maximum Gasteiger partial charge on any atom is 0.324 e. The van der Waals surface area contributed by atoms with Gasteiger partial charge < -0.3 is 20.1 Å². The minimum Gasteiger partial charge on any atom is -0.497 e. The summed E-state index contributed by atoms with van der Waals surface area (Å²) in [5, 5.41) is 17.0. The Balaban J connectivity index is 1.42.